The van der Waals surface area contributed by atoms with Crippen LogP contribution in [0.2, 0.25) is 0 Å². The van der Waals surface area contributed by atoms with Crippen molar-refractivity contribution in [1.29, 1.82) is 0 Å². The van der Waals surface area contributed by atoms with E-state index >= 15 is 0 Å². The normalized spacial score (nSPS) is 24.4. The molecule has 0 saturated heterocycles. The number of nitrogens with zero attached hydrogens (tertiary/aromatic N) is 2. The fraction of sp³-hybridized carbons (Fsp3) is 0.438. The summed E-state index contributed by atoms with van der Waals surface area (Å²) in [7, 11) is 0. The number of rotatable bonds is 4. The SMILES string of the molecule is CC1(C)C(O)CC1NCc1ccccc1-n1cccn1. The molecule has 2 atom stereocenters. The van der Waals surface area contributed by atoms with Crippen molar-refractivity contribution >= 4 is 0 Å². The summed E-state index contributed by atoms with van der Waals surface area (Å²) in [6.45, 7) is 5.01. The molecule has 106 valence electrons. The van der Waals surface area contributed by atoms with E-state index in [1.54, 1.807) is 6.20 Å². The van der Waals surface area contributed by atoms with Crippen molar-refractivity contribution in [3.05, 3.63) is 48.3 Å². The maximum Gasteiger partial charge on any atom is 0.0690 e. The monoisotopic (exact) mass is 271 g/mol. The summed E-state index contributed by atoms with van der Waals surface area (Å²) >= 11 is 0. The number of aliphatic hydroxyl groups is 1. The van der Waals surface area contributed by atoms with Crippen molar-refractivity contribution in [3.63, 3.8) is 0 Å². The van der Waals surface area contributed by atoms with Gasteiger partial charge in [0.05, 0.1) is 11.8 Å². The van der Waals surface area contributed by atoms with E-state index in [1.165, 1.54) is 5.56 Å². The first-order valence-corrected chi connectivity index (χ1v) is 7.08. The third-order valence-corrected chi connectivity index (χ3v) is 4.50. The molecule has 4 heteroatoms. The fourth-order valence-electron chi connectivity index (χ4n) is 2.78. The Morgan fingerprint density at radius 3 is 2.80 bits per heavy atom. The summed E-state index contributed by atoms with van der Waals surface area (Å²) < 4.78 is 1.89. The Balaban J connectivity index is 1.73. The van der Waals surface area contributed by atoms with Gasteiger partial charge >= 0.3 is 0 Å². The number of hydrogen-bond donors (Lipinski definition) is 2. The number of nitrogens with one attached hydrogen (secondary N) is 1. The van der Waals surface area contributed by atoms with Crippen LogP contribution >= 0.6 is 0 Å². The van der Waals surface area contributed by atoms with Gasteiger partial charge in [-0.25, -0.2) is 4.68 Å². The molecular formula is C16H21N3O. The number of hydrogen-bond acceptors (Lipinski definition) is 3. The zero-order valence-electron chi connectivity index (χ0n) is 12.0. The molecule has 0 amide bonds. The van der Waals surface area contributed by atoms with Crippen LogP contribution in [-0.2, 0) is 6.54 Å². The van der Waals surface area contributed by atoms with Crippen molar-refractivity contribution in [1.82, 2.24) is 15.1 Å². The van der Waals surface area contributed by atoms with Crippen LogP contribution in [-0.4, -0.2) is 27.0 Å². The molecular weight excluding hydrogens is 250 g/mol. The van der Waals surface area contributed by atoms with Crippen LogP contribution in [0.25, 0.3) is 5.69 Å². The first kappa shape index (κ1) is 13.3. The fourth-order valence-corrected chi connectivity index (χ4v) is 2.78. The summed E-state index contributed by atoms with van der Waals surface area (Å²) in [5, 5.41) is 17.6. The molecule has 1 fully saturated rings. The lowest BCUT2D eigenvalue weighted by molar-refractivity contribution is -0.0729. The van der Waals surface area contributed by atoms with Crippen molar-refractivity contribution in [2.24, 2.45) is 5.41 Å². The lowest BCUT2D eigenvalue weighted by Gasteiger charge is -2.49. The van der Waals surface area contributed by atoms with Gasteiger partial charge in [-0.2, -0.15) is 5.10 Å². The molecule has 0 spiro atoms. The van der Waals surface area contributed by atoms with Gasteiger partial charge in [0.15, 0.2) is 0 Å². The topological polar surface area (TPSA) is 50.1 Å². The molecule has 2 aromatic rings. The molecule has 3 rings (SSSR count). The van der Waals surface area contributed by atoms with Gasteiger partial charge in [0.1, 0.15) is 0 Å². The van der Waals surface area contributed by atoms with Gasteiger partial charge in [0.2, 0.25) is 0 Å². The molecule has 1 heterocycles. The standard InChI is InChI=1S/C16H21N3O/c1-16(2)14(10-15(16)20)17-11-12-6-3-4-7-13(12)19-9-5-8-18-19/h3-9,14-15,17,20H,10-11H2,1-2H3. The minimum atomic E-state index is -0.193. The van der Waals surface area contributed by atoms with E-state index in [2.05, 4.69) is 36.4 Å². The summed E-state index contributed by atoms with van der Waals surface area (Å²) in [4.78, 5) is 0. The molecule has 4 nitrogen and oxygen atoms in total. The lowest BCUT2D eigenvalue weighted by Crippen LogP contribution is -2.59. The second-order valence-corrected chi connectivity index (χ2v) is 6.09. The van der Waals surface area contributed by atoms with Crippen LogP contribution in [0.1, 0.15) is 25.8 Å². The minimum absolute atomic E-state index is 0.0410. The van der Waals surface area contributed by atoms with Gasteiger partial charge in [-0.1, -0.05) is 32.0 Å². The van der Waals surface area contributed by atoms with Crippen molar-refractivity contribution in [3.8, 4) is 5.69 Å². The average molecular weight is 271 g/mol. The second kappa shape index (κ2) is 5.04. The van der Waals surface area contributed by atoms with E-state index in [1.807, 2.05) is 29.1 Å². The van der Waals surface area contributed by atoms with E-state index in [9.17, 15) is 5.11 Å². The molecule has 1 aliphatic rings. The lowest BCUT2D eigenvalue weighted by atomic mass is 9.64. The van der Waals surface area contributed by atoms with Crippen molar-refractivity contribution < 1.29 is 5.11 Å². The molecule has 1 saturated carbocycles. The zero-order chi connectivity index (χ0) is 14.2. The van der Waals surface area contributed by atoms with Crippen LogP contribution in [0.3, 0.4) is 0 Å². The van der Waals surface area contributed by atoms with E-state index in [4.69, 9.17) is 0 Å². The second-order valence-electron chi connectivity index (χ2n) is 6.09. The van der Waals surface area contributed by atoms with Crippen LogP contribution in [0.15, 0.2) is 42.7 Å². The number of para-hydroxylation sites is 1. The highest BCUT2D eigenvalue weighted by Gasteiger charge is 2.46. The highest BCUT2D eigenvalue weighted by Crippen LogP contribution is 2.40. The highest BCUT2D eigenvalue weighted by molar-refractivity contribution is 5.40. The van der Waals surface area contributed by atoms with E-state index < -0.39 is 0 Å². The maximum absolute atomic E-state index is 9.79. The van der Waals surface area contributed by atoms with Crippen LogP contribution in [0.4, 0.5) is 0 Å². The summed E-state index contributed by atoms with van der Waals surface area (Å²) in [6.07, 6.45) is 4.38. The molecule has 0 radical (unpaired) electrons. The number of aliphatic hydroxyl groups excluding tert-OH is 1. The van der Waals surface area contributed by atoms with Gasteiger partial charge in [-0.15, -0.1) is 0 Å². The summed E-state index contributed by atoms with van der Waals surface area (Å²) in [5.74, 6) is 0. The smallest absolute Gasteiger partial charge is 0.0690 e. The first-order valence-electron chi connectivity index (χ1n) is 7.08. The Morgan fingerprint density at radius 1 is 1.35 bits per heavy atom. The number of aromatic nitrogens is 2. The highest BCUT2D eigenvalue weighted by atomic mass is 16.3. The molecule has 20 heavy (non-hydrogen) atoms. The predicted molar refractivity (Wildman–Crippen MR) is 78.6 cm³/mol. The molecule has 2 N–H and O–H groups in total. The molecule has 0 bridgehead atoms. The Kier molecular flexibility index (Phi) is 3.36. The Bertz CT molecular complexity index is 577. The summed E-state index contributed by atoms with van der Waals surface area (Å²) in [5.41, 5.74) is 2.27. The van der Waals surface area contributed by atoms with E-state index in [-0.39, 0.29) is 11.5 Å². The van der Waals surface area contributed by atoms with Gasteiger partial charge in [-0.05, 0) is 24.1 Å². The molecule has 1 aromatic carbocycles. The zero-order valence-corrected chi connectivity index (χ0v) is 12.0. The van der Waals surface area contributed by atoms with Gasteiger partial charge in [-0.3, -0.25) is 0 Å². The molecule has 1 aliphatic carbocycles. The molecule has 2 unspecified atom stereocenters. The van der Waals surface area contributed by atoms with Crippen LogP contribution in [0.5, 0.6) is 0 Å². The van der Waals surface area contributed by atoms with Gasteiger partial charge < -0.3 is 10.4 Å². The minimum Gasteiger partial charge on any atom is -0.392 e. The predicted octanol–water partition coefficient (Wildman–Crippen LogP) is 2.12. The Morgan fingerprint density at radius 2 is 2.15 bits per heavy atom. The Hall–Kier alpha value is -1.65. The van der Waals surface area contributed by atoms with Crippen LogP contribution < -0.4 is 5.32 Å². The number of benzene rings is 1. The first-order chi connectivity index (χ1) is 9.59. The average Bonchev–Trinajstić information content (AvgIpc) is 2.97. The van der Waals surface area contributed by atoms with E-state index in [0.29, 0.717) is 6.04 Å². The van der Waals surface area contributed by atoms with Gasteiger partial charge in [0.25, 0.3) is 0 Å². The quantitative estimate of drug-likeness (QED) is 0.895. The molecule has 1 aromatic heterocycles. The maximum atomic E-state index is 9.79. The van der Waals surface area contributed by atoms with Gasteiger partial charge in [0, 0.05) is 30.4 Å². The Labute approximate surface area is 119 Å². The van der Waals surface area contributed by atoms with Crippen LogP contribution in [0, 0.1) is 5.41 Å². The largest absolute Gasteiger partial charge is 0.392 e. The summed E-state index contributed by atoms with van der Waals surface area (Å²) in [6, 6.07) is 10.6. The van der Waals surface area contributed by atoms with Crippen molar-refractivity contribution in [2.75, 3.05) is 0 Å². The van der Waals surface area contributed by atoms with Crippen molar-refractivity contribution in [2.45, 2.75) is 39.0 Å². The third-order valence-electron chi connectivity index (χ3n) is 4.50. The van der Waals surface area contributed by atoms with E-state index in [0.717, 1.165) is 18.7 Å². The third kappa shape index (κ3) is 2.25. The molecule has 0 aliphatic heterocycles.